The van der Waals surface area contributed by atoms with Crippen LogP contribution in [0.4, 0.5) is 11.4 Å². The molecule has 0 atom stereocenters. The van der Waals surface area contributed by atoms with Crippen LogP contribution < -0.4 is 15.7 Å². The fraction of sp³-hybridized carbons (Fsp3) is 0. The Morgan fingerprint density at radius 3 is 2.05 bits per heavy atom. The van der Waals surface area contributed by atoms with Crippen molar-refractivity contribution in [1.29, 1.82) is 0 Å². The van der Waals surface area contributed by atoms with Gasteiger partial charge in [0.05, 0.1) is 6.20 Å². The molecule has 2 aliphatic heterocycles. The first-order valence-corrected chi connectivity index (χ1v) is 14.8. The first-order valence-electron chi connectivity index (χ1n) is 13.9. The van der Waals surface area contributed by atoms with Crippen molar-refractivity contribution in [3.05, 3.63) is 139 Å². The molecule has 4 heterocycles. The predicted octanol–water partition coefficient (Wildman–Crippen LogP) is 7.17. The summed E-state index contributed by atoms with van der Waals surface area (Å²) in [7, 11) is 0. The number of hydrogen-bond acceptors (Lipinski definition) is 4. The summed E-state index contributed by atoms with van der Waals surface area (Å²) in [6, 6.07) is 44.2. The molecule has 0 spiro atoms. The summed E-state index contributed by atoms with van der Waals surface area (Å²) in [4.78, 5) is 7.02. The van der Waals surface area contributed by atoms with Crippen molar-refractivity contribution < 1.29 is 20.4 Å². The average molecular weight is 659 g/mol. The standard InChI is InChI=1S/C36H21BN4S.Pd/c1-2-8-24(9-3-1)26-22-39-40(23-26)27-15-17-31-29-11-5-7-13-33(29)37-32-12-6-4-10-28(32)30-16-14-25(36-38-18-19-42-36)20-34(30)41(37)35(31)21-27;/h1-19,22-23H;/q-2;+2. The van der Waals surface area contributed by atoms with E-state index in [1.54, 1.807) is 11.3 Å². The molecule has 0 N–H and O–H groups in total. The summed E-state index contributed by atoms with van der Waals surface area (Å²) in [5.74, 6) is 0. The minimum absolute atomic E-state index is 0. The number of fused-ring (bicyclic) bond motifs is 11. The SMILES string of the molecule is [Pd+2].[c-]1c(-c2nccs2)ccc2c1N1B(c3ccccc3-2)c2ccccc2-c2ccc(-n3cc(-c4ccccc4)cn3)[c-]c21. The van der Waals surface area contributed by atoms with E-state index in [4.69, 9.17) is 5.10 Å². The normalized spacial score (nSPS) is 12.4. The van der Waals surface area contributed by atoms with Crippen LogP contribution in [0.2, 0.25) is 0 Å². The molecule has 5 aromatic carbocycles. The van der Waals surface area contributed by atoms with Gasteiger partial charge in [0.1, 0.15) is 0 Å². The van der Waals surface area contributed by atoms with Gasteiger partial charge in [-0.15, -0.1) is 41.5 Å². The average Bonchev–Trinajstić information content (AvgIpc) is 3.78. The quantitative estimate of drug-likeness (QED) is 0.149. The van der Waals surface area contributed by atoms with Gasteiger partial charge in [-0.2, -0.15) is 22.5 Å². The second-order valence-corrected chi connectivity index (χ2v) is 11.5. The fourth-order valence-corrected chi connectivity index (χ4v) is 7.01. The van der Waals surface area contributed by atoms with Gasteiger partial charge < -0.3 is 4.81 Å². The molecule has 7 heteroatoms. The van der Waals surface area contributed by atoms with Gasteiger partial charge in [0, 0.05) is 28.3 Å². The largest absolute Gasteiger partial charge is 2.00 e. The summed E-state index contributed by atoms with van der Waals surface area (Å²) < 4.78 is 1.92. The third-order valence-corrected chi connectivity index (χ3v) is 9.07. The van der Waals surface area contributed by atoms with Crippen LogP contribution >= 0.6 is 11.3 Å². The minimum atomic E-state index is -0.0100. The molecule has 0 bridgehead atoms. The number of thiazole rings is 1. The molecule has 7 aromatic rings. The summed E-state index contributed by atoms with van der Waals surface area (Å²) in [5, 5.41) is 7.72. The first kappa shape index (κ1) is 26.1. The Balaban J connectivity index is 0.00000278. The van der Waals surface area contributed by atoms with E-state index in [0.717, 1.165) is 49.9 Å². The van der Waals surface area contributed by atoms with E-state index < -0.39 is 0 Å². The van der Waals surface area contributed by atoms with Gasteiger partial charge in [-0.1, -0.05) is 118 Å². The molecule has 0 saturated carbocycles. The second-order valence-electron chi connectivity index (χ2n) is 10.6. The van der Waals surface area contributed by atoms with Crippen molar-refractivity contribution in [2.75, 3.05) is 4.81 Å². The number of rotatable bonds is 3. The zero-order valence-corrected chi connectivity index (χ0v) is 25.1. The van der Waals surface area contributed by atoms with E-state index in [-0.39, 0.29) is 27.3 Å². The van der Waals surface area contributed by atoms with Gasteiger partial charge in [0.25, 0.3) is 0 Å². The van der Waals surface area contributed by atoms with E-state index in [1.807, 2.05) is 28.5 Å². The van der Waals surface area contributed by atoms with Gasteiger partial charge in [-0.3, -0.25) is 9.67 Å². The zero-order chi connectivity index (χ0) is 27.6. The maximum Gasteiger partial charge on any atom is 2.00 e. The number of nitrogens with zero attached hydrogens (tertiary/aromatic N) is 4. The Bertz CT molecular complexity index is 2120. The number of aromatic nitrogens is 3. The van der Waals surface area contributed by atoms with Crippen LogP contribution in [0.25, 0.3) is 49.6 Å². The predicted molar refractivity (Wildman–Crippen MR) is 172 cm³/mol. The molecule has 0 fully saturated rings. The zero-order valence-electron chi connectivity index (χ0n) is 22.7. The Hall–Kier alpha value is -4.53. The van der Waals surface area contributed by atoms with Crippen LogP contribution in [0.3, 0.4) is 0 Å². The van der Waals surface area contributed by atoms with Crippen LogP contribution in [-0.2, 0) is 20.4 Å². The molecule has 0 amide bonds. The molecule has 0 unspecified atom stereocenters. The third-order valence-electron chi connectivity index (χ3n) is 8.26. The van der Waals surface area contributed by atoms with Gasteiger partial charge in [-0.25, -0.2) is 0 Å². The Kier molecular flexibility index (Phi) is 6.27. The van der Waals surface area contributed by atoms with E-state index in [0.29, 0.717) is 0 Å². The topological polar surface area (TPSA) is 34.0 Å². The van der Waals surface area contributed by atoms with E-state index >= 15 is 0 Å². The van der Waals surface area contributed by atoms with E-state index in [1.165, 1.54) is 22.1 Å². The molecule has 0 saturated heterocycles. The Morgan fingerprint density at radius 2 is 1.33 bits per heavy atom. The Labute approximate surface area is 268 Å². The molecule has 43 heavy (non-hydrogen) atoms. The molecule has 204 valence electrons. The summed E-state index contributed by atoms with van der Waals surface area (Å²) in [5.41, 5.74) is 13.5. The molecule has 9 rings (SSSR count). The molecule has 2 aliphatic rings. The molecular formula is C36H21BN4PdS. The molecule has 4 nitrogen and oxygen atoms in total. The first-order chi connectivity index (χ1) is 20.8. The number of benzene rings is 5. The van der Waals surface area contributed by atoms with E-state index in [2.05, 4.69) is 125 Å². The molecule has 0 aliphatic carbocycles. The maximum absolute atomic E-state index is 4.74. The van der Waals surface area contributed by atoms with Crippen molar-refractivity contribution in [2.45, 2.75) is 0 Å². The summed E-state index contributed by atoms with van der Waals surface area (Å²) in [6.45, 7) is -0.0100. The van der Waals surface area contributed by atoms with Gasteiger partial charge in [0.15, 0.2) is 0 Å². The maximum atomic E-state index is 4.74. The molecule has 0 radical (unpaired) electrons. The van der Waals surface area contributed by atoms with Gasteiger partial charge in [0.2, 0.25) is 0 Å². The van der Waals surface area contributed by atoms with Crippen molar-refractivity contribution in [3.63, 3.8) is 0 Å². The fourth-order valence-electron chi connectivity index (χ4n) is 6.39. The van der Waals surface area contributed by atoms with Crippen molar-refractivity contribution >= 4 is 40.5 Å². The summed E-state index contributed by atoms with van der Waals surface area (Å²) >= 11 is 1.64. The monoisotopic (exact) mass is 658 g/mol. The van der Waals surface area contributed by atoms with Crippen molar-refractivity contribution in [3.8, 4) is 49.6 Å². The van der Waals surface area contributed by atoms with Crippen LogP contribution in [0.1, 0.15) is 0 Å². The van der Waals surface area contributed by atoms with E-state index in [9.17, 15) is 0 Å². The number of anilines is 2. The summed E-state index contributed by atoms with van der Waals surface area (Å²) in [6.07, 6.45) is 5.85. The van der Waals surface area contributed by atoms with Crippen molar-refractivity contribution in [2.24, 2.45) is 0 Å². The molecule has 2 aromatic heterocycles. The third kappa shape index (κ3) is 4.08. The van der Waals surface area contributed by atoms with Crippen LogP contribution in [0, 0.1) is 12.1 Å². The van der Waals surface area contributed by atoms with Gasteiger partial charge in [-0.05, 0) is 11.3 Å². The Morgan fingerprint density at radius 1 is 0.651 bits per heavy atom. The van der Waals surface area contributed by atoms with Crippen LogP contribution in [0.5, 0.6) is 0 Å². The minimum Gasteiger partial charge on any atom is -0.413 e. The van der Waals surface area contributed by atoms with Crippen LogP contribution in [0.15, 0.2) is 127 Å². The van der Waals surface area contributed by atoms with Crippen LogP contribution in [-0.4, -0.2) is 21.6 Å². The second kappa shape index (κ2) is 10.3. The van der Waals surface area contributed by atoms with Crippen molar-refractivity contribution in [1.82, 2.24) is 14.8 Å². The smallest absolute Gasteiger partial charge is 0.413 e. The number of hydrogen-bond donors (Lipinski definition) is 0. The van der Waals surface area contributed by atoms with Gasteiger partial charge >= 0.3 is 27.3 Å². The molecular weight excluding hydrogens is 638 g/mol.